The molecule has 0 radical (unpaired) electrons. The van der Waals surface area contributed by atoms with Crippen LogP contribution >= 0.6 is 0 Å². The number of esters is 1. The highest BCUT2D eigenvalue weighted by Gasteiger charge is 2.35. The van der Waals surface area contributed by atoms with Crippen molar-refractivity contribution in [1.29, 1.82) is 0 Å². The molecule has 3 unspecified atom stereocenters. The van der Waals surface area contributed by atoms with Gasteiger partial charge in [-0.3, -0.25) is 9.69 Å². The maximum atomic E-state index is 14.0. The number of halogens is 1. The molecule has 1 aliphatic heterocycles. The summed E-state index contributed by atoms with van der Waals surface area (Å²) in [6.45, 7) is 2.31. The Bertz CT molecular complexity index is 307. The van der Waals surface area contributed by atoms with Crippen LogP contribution in [-0.2, 0) is 14.3 Å². The Morgan fingerprint density at radius 1 is 1.32 bits per heavy atom. The van der Waals surface area contributed by atoms with Gasteiger partial charge in [-0.1, -0.05) is 6.92 Å². The summed E-state index contributed by atoms with van der Waals surface area (Å²) < 4.78 is 24.3. The van der Waals surface area contributed by atoms with E-state index in [1.54, 1.807) is 4.90 Å². The van der Waals surface area contributed by atoms with Crippen LogP contribution in [0.5, 0.6) is 0 Å². The Labute approximate surface area is 114 Å². The number of nitrogens with zero attached hydrogens (tertiary/aromatic N) is 1. The molecule has 5 heteroatoms. The van der Waals surface area contributed by atoms with E-state index >= 15 is 0 Å². The Hall–Kier alpha value is -0.680. The van der Waals surface area contributed by atoms with Gasteiger partial charge in [0.05, 0.1) is 19.1 Å². The lowest BCUT2D eigenvalue weighted by Gasteiger charge is -2.35. The molecule has 19 heavy (non-hydrogen) atoms. The minimum Gasteiger partial charge on any atom is -0.469 e. The average molecular weight is 273 g/mol. The van der Waals surface area contributed by atoms with Gasteiger partial charge in [-0.2, -0.15) is 4.39 Å². The molecular weight excluding hydrogens is 249 g/mol. The Kier molecular flexibility index (Phi) is 5.16. The molecule has 4 nitrogen and oxygen atoms in total. The molecule has 0 aromatic heterocycles. The third kappa shape index (κ3) is 3.66. The smallest absolute Gasteiger partial charge is 0.308 e. The minimum atomic E-state index is -1.29. The Morgan fingerprint density at radius 3 is 2.58 bits per heavy atom. The van der Waals surface area contributed by atoms with Crippen LogP contribution in [0.15, 0.2) is 0 Å². The average Bonchev–Trinajstić information content (AvgIpc) is 2.94. The van der Waals surface area contributed by atoms with Crippen LogP contribution in [0.25, 0.3) is 0 Å². The lowest BCUT2D eigenvalue weighted by Crippen LogP contribution is -2.40. The van der Waals surface area contributed by atoms with E-state index < -0.39 is 6.48 Å². The molecule has 0 amide bonds. The highest BCUT2D eigenvalue weighted by atomic mass is 19.1. The van der Waals surface area contributed by atoms with Crippen LogP contribution in [0, 0.1) is 11.8 Å². The largest absolute Gasteiger partial charge is 0.469 e. The number of likely N-dealkylation sites (tertiary alicyclic amines) is 1. The summed E-state index contributed by atoms with van der Waals surface area (Å²) in [5.74, 6) is -0.00922. The molecule has 2 fully saturated rings. The van der Waals surface area contributed by atoms with Crippen LogP contribution < -0.4 is 0 Å². The number of methoxy groups -OCH3 is 1. The third-order valence-electron chi connectivity index (χ3n) is 4.34. The summed E-state index contributed by atoms with van der Waals surface area (Å²) in [5, 5.41) is 0. The van der Waals surface area contributed by atoms with E-state index in [1.165, 1.54) is 7.11 Å². The van der Waals surface area contributed by atoms with E-state index in [0.29, 0.717) is 0 Å². The second-order valence-electron chi connectivity index (χ2n) is 5.72. The molecule has 0 aromatic rings. The molecule has 4 atom stereocenters. The van der Waals surface area contributed by atoms with E-state index in [2.05, 4.69) is 0 Å². The first-order valence-electron chi connectivity index (χ1n) is 7.23. The highest BCUT2D eigenvalue weighted by molar-refractivity contribution is 5.72. The molecule has 0 spiro atoms. The van der Waals surface area contributed by atoms with Crippen LogP contribution in [-0.4, -0.2) is 43.7 Å². The third-order valence-corrected chi connectivity index (χ3v) is 4.34. The lowest BCUT2D eigenvalue weighted by atomic mass is 9.80. The van der Waals surface area contributed by atoms with Gasteiger partial charge in [0.2, 0.25) is 0 Å². The second-order valence-corrected chi connectivity index (χ2v) is 5.72. The second kappa shape index (κ2) is 6.66. The zero-order chi connectivity index (χ0) is 13.8. The van der Waals surface area contributed by atoms with Gasteiger partial charge in [0, 0.05) is 13.1 Å². The predicted octanol–water partition coefficient (Wildman–Crippen LogP) is 2.33. The summed E-state index contributed by atoms with van der Waals surface area (Å²) >= 11 is 0. The molecule has 0 N–H and O–H groups in total. The maximum Gasteiger partial charge on any atom is 0.308 e. The van der Waals surface area contributed by atoms with Gasteiger partial charge < -0.3 is 9.47 Å². The number of hydrogen-bond acceptors (Lipinski definition) is 4. The number of hydrogen-bond donors (Lipinski definition) is 0. The summed E-state index contributed by atoms with van der Waals surface area (Å²) in [6.07, 6.45) is 4.20. The van der Waals surface area contributed by atoms with Crippen LogP contribution in [0.3, 0.4) is 0 Å². The zero-order valence-corrected chi connectivity index (χ0v) is 11.8. The molecule has 2 aliphatic rings. The first-order chi connectivity index (χ1) is 9.11. The molecule has 110 valence electrons. The molecular formula is C14H24FNO3. The fraction of sp³-hybridized carbons (Fsp3) is 0.929. The van der Waals surface area contributed by atoms with Crippen LogP contribution in [0.2, 0.25) is 0 Å². The normalized spacial score (nSPS) is 34.2. The molecule has 1 heterocycles. The van der Waals surface area contributed by atoms with E-state index in [1.807, 2.05) is 6.92 Å². The van der Waals surface area contributed by atoms with Gasteiger partial charge in [0.25, 0.3) is 6.48 Å². The number of rotatable bonds is 4. The van der Waals surface area contributed by atoms with Gasteiger partial charge in [0.1, 0.15) is 0 Å². The zero-order valence-electron chi connectivity index (χ0n) is 11.8. The monoisotopic (exact) mass is 273 g/mol. The van der Waals surface area contributed by atoms with Crippen molar-refractivity contribution in [3.05, 3.63) is 0 Å². The van der Waals surface area contributed by atoms with E-state index in [-0.39, 0.29) is 23.9 Å². The number of alkyl halides is 1. The fourth-order valence-corrected chi connectivity index (χ4v) is 3.13. The molecule has 2 rings (SSSR count). The van der Waals surface area contributed by atoms with Crippen molar-refractivity contribution >= 4 is 5.97 Å². The van der Waals surface area contributed by atoms with Crippen molar-refractivity contribution < 1.29 is 18.7 Å². The first kappa shape index (κ1) is 14.7. The number of ether oxygens (including phenoxy) is 2. The Morgan fingerprint density at radius 2 is 2.00 bits per heavy atom. The Balaban J connectivity index is 1.80. The van der Waals surface area contributed by atoms with Gasteiger partial charge in [0.15, 0.2) is 0 Å². The summed E-state index contributed by atoms with van der Waals surface area (Å²) in [4.78, 5) is 13.3. The lowest BCUT2D eigenvalue weighted by molar-refractivity contribution is -0.188. The quantitative estimate of drug-likeness (QED) is 0.582. The first-order valence-corrected chi connectivity index (χ1v) is 7.23. The van der Waals surface area contributed by atoms with Gasteiger partial charge in [-0.15, -0.1) is 0 Å². The standard InChI is InChI=1S/C14H24FNO3/c1-10-9-11(13(17)18-2)5-6-12(10)19-14(15)16-7-3-4-8-16/h10-12,14H,3-9H2,1-2H3/t10?,11?,12-,14?/m0/s1. The van der Waals surface area contributed by atoms with E-state index in [0.717, 1.165) is 45.2 Å². The van der Waals surface area contributed by atoms with Gasteiger partial charge in [-0.05, 0) is 38.0 Å². The van der Waals surface area contributed by atoms with E-state index in [4.69, 9.17) is 9.47 Å². The van der Waals surface area contributed by atoms with Crippen molar-refractivity contribution in [2.75, 3.05) is 20.2 Å². The number of carbonyl (C=O) groups excluding carboxylic acids is 1. The highest BCUT2D eigenvalue weighted by Crippen LogP contribution is 2.33. The van der Waals surface area contributed by atoms with Gasteiger partial charge >= 0.3 is 5.97 Å². The summed E-state index contributed by atoms with van der Waals surface area (Å²) in [6, 6.07) is 0. The van der Waals surface area contributed by atoms with E-state index in [9.17, 15) is 9.18 Å². The molecule has 0 bridgehead atoms. The molecule has 1 saturated carbocycles. The fourth-order valence-electron chi connectivity index (χ4n) is 3.13. The van der Waals surface area contributed by atoms with Crippen molar-refractivity contribution in [3.63, 3.8) is 0 Å². The van der Waals surface area contributed by atoms with Crippen molar-refractivity contribution in [2.24, 2.45) is 11.8 Å². The molecule has 0 aromatic carbocycles. The summed E-state index contributed by atoms with van der Waals surface area (Å²) in [5.41, 5.74) is 0. The summed E-state index contributed by atoms with van der Waals surface area (Å²) in [7, 11) is 1.42. The van der Waals surface area contributed by atoms with Crippen molar-refractivity contribution in [3.8, 4) is 0 Å². The number of carbonyl (C=O) groups is 1. The van der Waals surface area contributed by atoms with Crippen molar-refractivity contribution in [2.45, 2.75) is 51.6 Å². The van der Waals surface area contributed by atoms with Crippen LogP contribution in [0.4, 0.5) is 4.39 Å². The SMILES string of the molecule is COC(=O)C1CC[C@H](OC(F)N2CCCC2)C(C)C1. The predicted molar refractivity (Wildman–Crippen MR) is 69.1 cm³/mol. The molecule has 1 aliphatic carbocycles. The maximum absolute atomic E-state index is 14.0. The molecule has 1 saturated heterocycles. The van der Waals surface area contributed by atoms with Crippen LogP contribution in [0.1, 0.15) is 39.0 Å². The van der Waals surface area contributed by atoms with Crippen molar-refractivity contribution in [1.82, 2.24) is 4.90 Å². The topological polar surface area (TPSA) is 38.8 Å². The van der Waals surface area contributed by atoms with Gasteiger partial charge in [-0.25, -0.2) is 0 Å². The minimum absolute atomic E-state index is 0.0512.